The summed E-state index contributed by atoms with van der Waals surface area (Å²) in [6, 6.07) is 0. The maximum Gasteiger partial charge on any atom is 0.125 e. The second-order valence-electron chi connectivity index (χ2n) is 2.16. The Balaban J connectivity index is 2.45. The van der Waals surface area contributed by atoms with Gasteiger partial charge < -0.3 is 4.74 Å². The summed E-state index contributed by atoms with van der Waals surface area (Å²) in [5.74, 6) is 0.986. The molecular weight excluding hydrogens is 114 g/mol. The lowest BCUT2D eigenvalue weighted by atomic mass is 10.3. The highest BCUT2D eigenvalue weighted by molar-refractivity contribution is 5.87. The quantitative estimate of drug-likeness (QED) is 0.511. The van der Waals surface area contributed by atoms with Crippen molar-refractivity contribution in [2.24, 2.45) is 4.99 Å². The Morgan fingerprint density at radius 3 is 2.89 bits per heavy atom. The molecule has 2 nitrogen and oxygen atoms in total. The molecule has 9 heavy (non-hydrogen) atoms. The molecule has 0 saturated carbocycles. The minimum absolute atomic E-state index is 0.975. The molecule has 0 unspecified atom stereocenters. The molecule has 0 spiro atoms. The van der Waals surface area contributed by atoms with Crippen molar-refractivity contribution in [3.8, 4) is 0 Å². The van der Waals surface area contributed by atoms with Gasteiger partial charge in [0.25, 0.3) is 0 Å². The number of rotatable bonds is 1. The molecule has 1 heterocycles. The summed E-state index contributed by atoms with van der Waals surface area (Å²) in [4.78, 5) is 4.10. The number of hydrogen-bond donors (Lipinski definition) is 0. The minimum atomic E-state index is 0.975. The summed E-state index contributed by atoms with van der Waals surface area (Å²) in [6.45, 7) is 0. The molecule has 0 N–H and O–H groups in total. The van der Waals surface area contributed by atoms with Crippen LogP contribution >= 0.6 is 0 Å². The monoisotopic (exact) mass is 121 g/mol. The first-order valence-electron chi connectivity index (χ1n) is 2.92. The van der Waals surface area contributed by atoms with E-state index in [1.54, 1.807) is 7.11 Å². The van der Waals surface area contributed by atoms with Crippen LogP contribution in [0.2, 0.25) is 0 Å². The zero-order valence-corrected chi connectivity index (χ0v) is 5.22. The molecule has 1 aliphatic heterocycles. The van der Waals surface area contributed by atoms with E-state index in [1.807, 2.05) is 12.3 Å². The molecule has 46 valence electrons. The minimum Gasteiger partial charge on any atom is -0.496 e. The maximum absolute atomic E-state index is 5.06. The SMILES string of the molecule is COC1=C2C=NC(=C1)C2. The third kappa shape index (κ3) is 0.529. The first-order valence-corrected chi connectivity index (χ1v) is 2.92. The molecule has 0 aromatic carbocycles. The second kappa shape index (κ2) is 1.47. The first-order chi connectivity index (χ1) is 4.40. The van der Waals surface area contributed by atoms with E-state index < -0.39 is 0 Å². The van der Waals surface area contributed by atoms with Crippen molar-refractivity contribution in [2.45, 2.75) is 6.42 Å². The fourth-order valence-corrected chi connectivity index (χ4v) is 1.12. The van der Waals surface area contributed by atoms with Crippen LogP contribution in [0.1, 0.15) is 6.42 Å². The van der Waals surface area contributed by atoms with Crippen molar-refractivity contribution in [2.75, 3.05) is 7.11 Å². The number of methoxy groups -OCH3 is 1. The molecule has 0 amide bonds. The van der Waals surface area contributed by atoms with Gasteiger partial charge in [-0.25, -0.2) is 0 Å². The van der Waals surface area contributed by atoms with Crippen LogP contribution in [-0.2, 0) is 4.74 Å². The smallest absolute Gasteiger partial charge is 0.125 e. The molecule has 1 aliphatic carbocycles. The number of nitrogens with zero attached hydrogens (tertiary/aromatic N) is 1. The highest BCUT2D eigenvalue weighted by Gasteiger charge is 2.18. The van der Waals surface area contributed by atoms with Crippen LogP contribution in [0.4, 0.5) is 0 Å². The number of aliphatic imine (C=N–C) groups is 1. The molecule has 0 atom stereocenters. The normalized spacial score (nSPS) is 21.2. The Morgan fingerprint density at radius 2 is 2.56 bits per heavy atom. The number of allylic oxidation sites excluding steroid dienone is 2. The Labute approximate surface area is 53.5 Å². The Kier molecular flexibility index (Phi) is 0.781. The predicted molar refractivity (Wildman–Crippen MR) is 35.2 cm³/mol. The van der Waals surface area contributed by atoms with Crippen molar-refractivity contribution in [3.05, 3.63) is 23.1 Å². The highest BCUT2D eigenvalue weighted by atomic mass is 16.5. The van der Waals surface area contributed by atoms with Crippen molar-refractivity contribution in [1.29, 1.82) is 0 Å². The van der Waals surface area contributed by atoms with E-state index in [1.165, 1.54) is 5.57 Å². The van der Waals surface area contributed by atoms with Crippen molar-refractivity contribution >= 4 is 6.21 Å². The van der Waals surface area contributed by atoms with Crippen molar-refractivity contribution in [3.63, 3.8) is 0 Å². The van der Waals surface area contributed by atoms with Crippen LogP contribution in [0.15, 0.2) is 28.1 Å². The molecule has 0 saturated heterocycles. The van der Waals surface area contributed by atoms with Gasteiger partial charge in [0.2, 0.25) is 0 Å². The number of hydrogen-bond acceptors (Lipinski definition) is 2. The van der Waals surface area contributed by atoms with Gasteiger partial charge in [0.1, 0.15) is 5.76 Å². The van der Waals surface area contributed by atoms with Crippen LogP contribution in [0.3, 0.4) is 0 Å². The van der Waals surface area contributed by atoms with E-state index in [2.05, 4.69) is 4.99 Å². The first kappa shape index (κ1) is 4.79. The predicted octanol–water partition coefficient (Wildman–Crippen LogP) is 1.26. The lowest BCUT2D eigenvalue weighted by Crippen LogP contribution is -1.86. The summed E-state index contributed by atoms with van der Waals surface area (Å²) < 4.78 is 5.06. The summed E-state index contributed by atoms with van der Waals surface area (Å²) in [7, 11) is 1.69. The molecule has 2 aliphatic rings. The molecular formula is C7H7NO. The average molecular weight is 121 g/mol. The fraction of sp³-hybridized carbons (Fsp3) is 0.286. The third-order valence-electron chi connectivity index (χ3n) is 1.59. The van der Waals surface area contributed by atoms with Gasteiger partial charge in [-0.05, 0) is 0 Å². The van der Waals surface area contributed by atoms with E-state index in [0.717, 1.165) is 17.9 Å². The highest BCUT2D eigenvalue weighted by Crippen LogP contribution is 2.29. The number of ether oxygens (including phenoxy) is 1. The third-order valence-corrected chi connectivity index (χ3v) is 1.59. The van der Waals surface area contributed by atoms with Crippen LogP contribution in [0, 0.1) is 0 Å². The van der Waals surface area contributed by atoms with Gasteiger partial charge in [-0.2, -0.15) is 0 Å². The Hall–Kier alpha value is -1.05. The molecule has 2 bridgehead atoms. The van der Waals surface area contributed by atoms with Gasteiger partial charge in [-0.3, -0.25) is 4.99 Å². The molecule has 0 radical (unpaired) electrons. The van der Waals surface area contributed by atoms with E-state index in [0.29, 0.717) is 0 Å². The average Bonchev–Trinajstić information content (AvgIpc) is 2.45. The Morgan fingerprint density at radius 1 is 1.67 bits per heavy atom. The second-order valence-corrected chi connectivity index (χ2v) is 2.16. The zero-order chi connectivity index (χ0) is 6.27. The molecule has 2 rings (SSSR count). The van der Waals surface area contributed by atoms with Gasteiger partial charge >= 0.3 is 0 Å². The van der Waals surface area contributed by atoms with Crippen LogP contribution < -0.4 is 0 Å². The summed E-state index contributed by atoms with van der Waals surface area (Å²) >= 11 is 0. The summed E-state index contributed by atoms with van der Waals surface area (Å²) in [5.41, 5.74) is 2.34. The number of fused-ring (bicyclic) bond motifs is 2. The van der Waals surface area contributed by atoms with Gasteiger partial charge in [-0.1, -0.05) is 0 Å². The maximum atomic E-state index is 5.06. The Bertz CT molecular complexity index is 235. The van der Waals surface area contributed by atoms with Gasteiger partial charge in [0.15, 0.2) is 0 Å². The molecule has 2 heteroatoms. The van der Waals surface area contributed by atoms with Crippen molar-refractivity contribution < 1.29 is 4.74 Å². The van der Waals surface area contributed by atoms with Crippen LogP contribution in [0.25, 0.3) is 0 Å². The molecule has 0 aromatic rings. The summed E-state index contributed by atoms with van der Waals surface area (Å²) in [5, 5.41) is 0. The fourth-order valence-electron chi connectivity index (χ4n) is 1.12. The summed E-state index contributed by atoms with van der Waals surface area (Å²) in [6.07, 6.45) is 4.83. The topological polar surface area (TPSA) is 21.6 Å². The lowest BCUT2D eigenvalue weighted by Gasteiger charge is -1.98. The molecule has 0 fully saturated rings. The molecule has 0 aromatic heterocycles. The van der Waals surface area contributed by atoms with E-state index in [-0.39, 0.29) is 0 Å². The van der Waals surface area contributed by atoms with Crippen LogP contribution in [0.5, 0.6) is 0 Å². The van der Waals surface area contributed by atoms with E-state index in [4.69, 9.17) is 4.74 Å². The van der Waals surface area contributed by atoms with Gasteiger partial charge in [0.05, 0.1) is 7.11 Å². The standard InChI is InChI=1S/C7H7NO/c1-9-7-3-6-2-5(7)4-8-6/h3-4H,2H2,1H3. The van der Waals surface area contributed by atoms with E-state index in [9.17, 15) is 0 Å². The van der Waals surface area contributed by atoms with E-state index >= 15 is 0 Å². The van der Waals surface area contributed by atoms with Crippen LogP contribution in [-0.4, -0.2) is 13.3 Å². The van der Waals surface area contributed by atoms with Crippen molar-refractivity contribution in [1.82, 2.24) is 0 Å². The largest absolute Gasteiger partial charge is 0.496 e. The van der Waals surface area contributed by atoms with Gasteiger partial charge in [-0.15, -0.1) is 0 Å². The zero-order valence-electron chi connectivity index (χ0n) is 5.22. The lowest BCUT2D eigenvalue weighted by molar-refractivity contribution is 0.305. The van der Waals surface area contributed by atoms with Gasteiger partial charge in [0, 0.05) is 30.0 Å².